The summed E-state index contributed by atoms with van der Waals surface area (Å²) in [4.78, 5) is 2.50. The monoisotopic (exact) mass is 261 g/mol. The lowest BCUT2D eigenvalue weighted by Crippen LogP contribution is -2.47. The van der Waals surface area contributed by atoms with Crippen LogP contribution in [0.3, 0.4) is 0 Å². The van der Waals surface area contributed by atoms with Crippen molar-refractivity contribution in [1.82, 2.24) is 14.5 Å². The Morgan fingerprint density at radius 1 is 1.12 bits per heavy atom. The lowest BCUT2D eigenvalue weighted by molar-refractivity contribution is 0.168. The van der Waals surface area contributed by atoms with Crippen LogP contribution in [0.1, 0.15) is 12.8 Å². The standard InChI is InChI=1S/C11H23N3O2S/c1-17(15,16)14-6-2-11(3-7-14)10-13-8-4-12-5-9-13/h11-12H,2-10H2,1H3. The molecule has 2 rings (SSSR count). The van der Waals surface area contributed by atoms with Gasteiger partial charge in [-0.05, 0) is 18.8 Å². The molecule has 2 aliphatic heterocycles. The summed E-state index contributed by atoms with van der Waals surface area (Å²) in [6.07, 6.45) is 3.33. The normalized spacial score (nSPS) is 26.2. The number of rotatable bonds is 3. The van der Waals surface area contributed by atoms with Gasteiger partial charge in [-0.25, -0.2) is 12.7 Å². The summed E-state index contributed by atoms with van der Waals surface area (Å²) in [7, 11) is -2.97. The van der Waals surface area contributed by atoms with E-state index in [0.717, 1.165) is 45.6 Å². The summed E-state index contributed by atoms with van der Waals surface area (Å²) < 4.78 is 24.4. The maximum Gasteiger partial charge on any atom is 0.211 e. The van der Waals surface area contributed by atoms with Crippen molar-refractivity contribution in [3.8, 4) is 0 Å². The van der Waals surface area contributed by atoms with Crippen molar-refractivity contribution in [1.29, 1.82) is 0 Å². The van der Waals surface area contributed by atoms with Crippen molar-refractivity contribution in [3.05, 3.63) is 0 Å². The third kappa shape index (κ3) is 3.91. The predicted octanol–water partition coefficient (Wildman–Crippen LogP) is -0.437. The van der Waals surface area contributed by atoms with Gasteiger partial charge in [-0.2, -0.15) is 0 Å². The summed E-state index contributed by atoms with van der Waals surface area (Å²) in [6.45, 7) is 6.98. The van der Waals surface area contributed by atoms with E-state index >= 15 is 0 Å². The van der Waals surface area contributed by atoms with Crippen LogP contribution < -0.4 is 5.32 Å². The van der Waals surface area contributed by atoms with Crippen LogP contribution >= 0.6 is 0 Å². The molecule has 0 aromatic carbocycles. The number of nitrogens with one attached hydrogen (secondary N) is 1. The topological polar surface area (TPSA) is 52.7 Å². The summed E-state index contributed by atoms with van der Waals surface area (Å²) in [5.41, 5.74) is 0. The first-order valence-electron chi connectivity index (χ1n) is 6.44. The molecule has 2 heterocycles. The van der Waals surface area contributed by atoms with Gasteiger partial charge in [0, 0.05) is 45.8 Å². The molecule has 2 aliphatic rings. The first-order chi connectivity index (χ1) is 8.05. The highest BCUT2D eigenvalue weighted by molar-refractivity contribution is 7.88. The van der Waals surface area contributed by atoms with Crippen LogP contribution in [0.2, 0.25) is 0 Å². The Morgan fingerprint density at radius 3 is 2.24 bits per heavy atom. The molecular weight excluding hydrogens is 238 g/mol. The second-order valence-corrected chi connectivity index (χ2v) is 7.14. The number of nitrogens with zero attached hydrogens (tertiary/aromatic N) is 2. The Kier molecular flexibility index (Phi) is 4.41. The molecule has 2 fully saturated rings. The molecule has 100 valence electrons. The maximum absolute atomic E-state index is 11.4. The highest BCUT2D eigenvalue weighted by atomic mass is 32.2. The van der Waals surface area contributed by atoms with Crippen LogP contribution in [-0.4, -0.2) is 69.7 Å². The van der Waals surface area contributed by atoms with Crippen LogP contribution in [0.5, 0.6) is 0 Å². The highest BCUT2D eigenvalue weighted by Gasteiger charge is 2.26. The second kappa shape index (κ2) is 5.65. The summed E-state index contributed by atoms with van der Waals surface area (Å²) in [5, 5.41) is 3.35. The van der Waals surface area contributed by atoms with E-state index in [4.69, 9.17) is 0 Å². The minimum atomic E-state index is -2.97. The zero-order chi connectivity index (χ0) is 12.3. The van der Waals surface area contributed by atoms with Crippen molar-refractivity contribution in [2.75, 3.05) is 52.1 Å². The molecule has 0 amide bonds. The van der Waals surface area contributed by atoms with Crippen LogP contribution in [-0.2, 0) is 10.0 Å². The van der Waals surface area contributed by atoms with Gasteiger partial charge in [-0.1, -0.05) is 0 Å². The molecule has 5 nitrogen and oxygen atoms in total. The van der Waals surface area contributed by atoms with Gasteiger partial charge >= 0.3 is 0 Å². The number of sulfonamides is 1. The van der Waals surface area contributed by atoms with Crippen LogP contribution in [0.25, 0.3) is 0 Å². The molecule has 0 bridgehead atoms. The fourth-order valence-corrected chi connectivity index (χ4v) is 3.56. The molecule has 2 saturated heterocycles. The van der Waals surface area contributed by atoms with Crippen molar-refractivity contribution in [2.24, 2.45) is 5.92 Å². The van der Waals surface area contributed by atoms with E-state index in [1.807, 2.05) is 0 Å². The molecule has 0 atom stereocenters. The van der Waals surface area contributed by atoms with Crippen LogP contribution in [0, 0.1) is 5.92 Å². The summed E-state index contributed by atoms with van der Waals surface area (Å²) in [6, 6.07) is 0. The molecule has 0 radical (unpaired) electrons. The fourth-order valence-electron chi connectivity index (χ4n) is 2.68. The second-order valence-electron chi connectivity index (χ2n) is 5.16. The quantitative estimate of drug-likeness (QED) is 0.748. The van der Waals surface area contributed by atoms with Gasteiger partial charge in [0.2, 0.25) is 10.0 Å². The molecule has 0 unspecified atom stereocenters. The molecule has 17 heavy (non-hydrogen) atoms. The van der Waals surface area contributed by atoms with E-state index in [9.17, 15) is 8.42 Å². The molecule has 0 aliphatic carbocycles. The van der Waals surface area contributed by atoms with E-state index in [-0.39, 0.29) is 0 Å². The van der Waals surface area contributed by atoms with Crippen LogP contribution in [0.15, 0.2) is 0 Å². The molecule has 1 N–H and O–H groups in total. The SMILES string of the molecule is CS(=O)(=O)N1CCC(CN2CCNCC2)CC1. The molecule has 0 saturated carbocycles. The largest absolute Gasteiger partial charge is 0.314 e. The van der Waals surface area contributed by atoms with Crippen LogP contribution in [0.4, 0.5) is 0 Å². The number of hydrogen-bond donors (Lipinski definition) is 1. The van der Waals surface area contributed by atoms with Gasteiger partial charge in [-0.3, -0.25) is 0 Å². The van der Waals surface area contributed by atoms with Gasteiger partial charge in [-0.15, -0.1) is 0 Å². The van der Waals surface area contributed by atoms with Crippen molar-refractivity contribution < 1.29 is 8.42 Å². The smallest absolute Gasteiger partial charge is 0.211 e. The maximum atomic E-state index is 11.4. The zero-order valence-electron chi connectivity index (χ0n) is 10.6. The first kappa shape index (κ1) is 13.3. The van der Waals surface area contributed by atoms with E-state index in [0.29, 0.717) is 19.0 Å². The summed E-state index contributed by atoms with van der Waals surface area (Å²) >= 11 is 0. The minimum Gasteiger partial charge on any atom is -0.314 e. The van der Waals surface area contributed by atoms with Crippen molar-refractivity contribution in [2.45, 2.75) is 12.8 Å². The molecule has 0 aromatic rings. The van der Waals surface area contributed by atoms with Crippen molar-refractivity contribution in [3.63, 3.8) is 0 Å². The summed E-state index contributed by atoms with van der Waals surface area (Å²) in [5.74, 6) is 0.672. The van der Waals surface area contributed by atoms with E-state index in [1.165, 1.54) is 6.26 Å². The average molecular weight is 261 g/mol. The lowest BCUT2D eigenvalue weighted by Gasteiger charge is -2.35. The third-order valence-electron chi connectivity index (χ3n) is 3.77. The van der Waals surface area contributed by atoms with Gasteiger partial charge < -0.3 is 10.2 Å². The van der Waals surface area contributed by atoms with Gasteiger partial charge in [0.25, 0.3) is 0 Å². The molecular formula is C11H23N3O2S. The average Bonchev–Trinajstić information content (AvgIpc) is 2.30. The molecule has 0 aromatic heterocycles. The third-order valence-corrected chi connectivity index (χ3v) is 5.07. The molecule has 6 heteroatoms. The van der Waals surface area contributed by atoms with E-state index in [2.05, 4.69) is 10.2 Å². The number of hydrogen-bond acceptors (Lipinski definition) is 4. The minimum absolute atomic E-state index is 0.672. The number of piperazine rings is 1. The van der Waals surface area contributed by atoms with Gasteiger partial charge in [0.05, 0.1) is 6.26 Å². The van der Waals surface area contributed by atoms with E-state index in [1.54, 1.807) is 4.31 Å². The fraction of sp³-hybridized carbons (Fsp3) is 1.00. The lowest BCUT2D eigenvalue weighted by atomic mass is 9.97. The van der Waals surface area contributed by atoms with Crippen molar-refractivity contribution >= 4 is 10.0 Å². The predicted molar refractivity (Wildman–Crippen MR) is 68.5 cm³/mol. The Bertz CT molecular complexity index is 331. The Balaban J connectivity index is 1.75. The highest BCUT2D eigenvalue weighted by Crippen LogP contribution is 2.20. The molecule has 0 spiro atoms. The Morgan fingerprint density at radius 2 is 1.71 bits per heavy atom. The Labute approximate surface area is 104 Å². The van der Waals surface area contributed by atoms with Gasteiger partial charge in [0.1, 0.15) is 0 Å². The Hall–Kier alpha value is -0.170. The van der Waals surface area contributed by atoms with Gasteiger partial charge in [0.15, 0.2) is 0 Å². The number of piperidine rings is 1. The zero-order valence-corrected chi connectivity index (χ0v) is 11.4. The first-order valence-corrected chi connectivity index (χ1v) is 8.29. The van der Waals surface area contributed by atoms with E-state index < -0.39 is 10.0 Å².